The minimum Gasteiger partial charge on any atom is -0.475 e. The van der Waals surface area contributed by atoms with Crippen molar-refractivity contribution in [3.63, 3.8) is 0 Å². The number of aryl methyl sites for hydroxylation is 2. The lowest BCUT2D eigenvalue weighted by molar-refractivity contribution is -0.192. The first kappa shape index (κ1) is 30.0. The molecule has 1 N–H and O–H groups in total. The van der Waals surface area contributed by atoms with Crippen LogP contribution in [0.15, 0.2) is 54.7 Å². The molecule has 1 saturated heterocycles. The molecule has 1 amide bonds. The number of aromatic nitrogens is 6. The third-order valence-corrected chi connectivity index (χ3v) is 7.13. The van der Waals surface area contributed by atoms with Gasteiger partial charge in [0.05, 0.1) is 29.9 Å². The van der Waals surface area contributed by atoms with Crippen LogP contribution in [0.25, 0.3) is 28.1 Å². The first-order valence-electron chi connectivity index (χ1n) is 13.3. The summed E-state index contributed by atoms with van der Waals surface area (Å²) < 4.78 is 43.2. The number of amides is 1. The second kappa shape index (κ2) is 12.4. The molecular formula is C28H27ClF3N7O4. The van der Waals surface area contributed by atoms with Crippen LogP contribution in [0.1, 0.15) is 17.8 Å². The van der Waals surface area contributed by atoms with Gasteiger partial charge in [0.2, 0.25) is 5.91 Å². The smallest absolute Gasteiger partial charge is 0.475 e. The van der Waals surface area contributed by atoms with Crippen molar-refractivity contribution in [1.82, 2.24) is 33.8 Å². The summed E-state index contributed by atoms with van der Waals surface area (Å²) in [4.78, 5) is 23.3. The maximum atomic E-state index is 12.6. The van der Waals surface area contributed by atoms with Gasteiger partial charge in [-0.3, -0.25) is 13.9 Å². The summed E-state index contributed by atoms with van der Waals surface area (Å²) in [6, 6.07) is 16.1. The molecule has 226 valence electrons. The Kier molecular flexibility index (Phi) is 8.69. The molecule has 0 bridgehead atoms. The quantitative estimate of drug-likeness (QED) is 0.299. The number of carboxylic acid groups (broad SMARTS) is 1. The minimum atomic E-state index is -5.08. The highest BCUT2D eigenvalue weighted by atomic mass is 35.5. The average Bonchev–Trinajstić information content (AvgIpc) is 3.69. The molecule has 5 aromatic rings. The van der Waals surface area contributed by atoms with Crippen LogP contribution in [0.2, 0.25) is 5.02 Å². The molecule has 1 fully saturated rings. The number of pyridine rings is 1. The summed E-state index contributed by atoms with van der Waals surface area (Å²) in [7, 11) is 0. The SMILES string of the molecule is Cc1nnc2ccc3c(cc(-c4ccn(CCC(=O)N5CCOCC5)n4)n3Cc3cccc(Cl)c3)n12.O=C(O)C(F)(F)F. The number of hydrogen-bond donors (Lipinski definition) is 1. The van der Waals surface area contributed by atoms with E-state index in [0.29, 0.717) is 50.8 Å². The van der Waals surface area contributed by atoms with Gasteiger partial charge in [-0.25, -0.2) is 4.79 Å². The molecule has 1 aliphatic heterocycles. The van der Waals surface area contributed by atoms with Gasteiger partial charge in [0.15, 0.2) is 5.65 Å². The van der Waals surface area contributed by atoms with E-state index in [-0.39, 0.29) is 5.91 Å². The van der Waals surface area contributed by atoms with Crippen molar-refractivity contribution in [3.05, 3.63) is 71.1 Å². The molecule has 4 aromatic heterocycles. The van der Waals surface area contributed by atoms with Gasteiger partial charge in [-0.2, -0.15) is 18.3 Å². The van der Waals surface area contributed by atoms with E-state index in [1.165, 1.54) is 0 Å². The topological polar surface area (TPSA) is 120 Å². The van der Waals surface area contributed by atoms with Gasteiger partial charge in [-0.1, -0.05) is 23.7 Å². The van der Waals surface area contributed by atoms with Crippen LogP contribution in [0.3, 0.4) is 0 Å². The fourth-order valence-electron chi connectivity index (χ4n) is 4.85. The molecular weight excluding hydrogens is 591 g/mol. The second-order valence-corrected chi connectivity index (χ2v) is 10.2. The van der Waals surface area contributed by atoms with Gasteiger partial charge >= 0.3 is 12.1 Å². The Bertz CT molecular complexity index is 1770. The Balaban J connectivity index is 0.000000472. The average molecular weight is 618 g/mol. The molecule has 6 rings (SSSR count). The van der Waals surface area contributed by atoms with Gasteiger partial charge in [-0.05, 0) is 48.9 Å². The fourth-order valence-corrected chi connectivity index (χ4v) is 5.06. The van der Waals surface area contributed by atoms with Crippen LogP contribution in [0, 0.1) is 6.92 Å². The van der Waals surface area contributed by atoms with Crippen molar-refractivity contribution in [2.75, 3.05) is 26.3 Å². The predicted molar refractivity (Wildman–Crippen MR) is 151 cm³/mol. The van der Waals surface area contributed by atoms with Gasteiger partial charge in [0.1, 0.15) is 11.5 Å². The Morgan fingerprint density at radius 3 is 2.49 bits per heavy atom. The van der Waals surface area contributed by atoms with Gasteiger partial charge in [0.25, 0.3) is 0 Å². The van der Waals surface area contributed by atoms with E-state index in [4.69, 9.17) is 31.3 Å². The third-order valence-electron chi connectivity index (χ3n) is 6.89. The second-order valence-electron chi connectivity index (χ2n) is 9.80. The number of carbonyl (C=O) groups is 2. The van der Waals surface area contributed by atoms with Crippen molar-refractivity contribution in [3.8, 4) is 11.4 Å². The molecule has 0 aliphatic carbocycles. The highest BCUT2D eigenvalue weighted by molar-refractivity contribution is 6.30. The van der Waals surface area contributed by atoms with E-state index in [1.54, 1.807) is 0 Å². The fraction of sp³-hybridized carbons (Fsp3) is 0.321. The summed E-state index contributed by atoms with van der Waals surface area (Å²) in [5.74, 6) is -1.79. The number of fused-ring (bicyclic) bond motifs is 3. The Labute approximate surface area is 248 Å². The summed E-state index contributed by atoms with van der Waals surface area (Å²) in [5, 5.41) is 21.2. The van der Waals surface area contributed by atoms with Crippen molar-refractivity contribution < 1.29 is 32.6 Å². The number of aliphatic carboxylic acids is 1. The lowest BCUT2D eigenvalue weighted by Crippen LogP contribution is -2.40. The molecule has 0 spiro atoms. The zero-order valence-electron chi connectivity index (χ0n) is 23.0. The van der Waals surface area contributed by atoms with E-state index in [0.717, 1.165) is 39.5 Å². The van der Waals surface area contributed by atoms with Gasteiger partial charge < -0.3 is 19.3 Å². The Morgan fingerprint density at radius 2 is 1.79 bits per heavy atom. The molecule has 11 nitrogen and oxygen atoms in total. The summed E-state index contributed by atoms with van der Waals surface area (Å²) in [6.07, 6.45) is -2.74. The zero-order chi connectivity index (χ0) is 30.7. The number of benzene rings is 1. The lowest BCUT2D eigenvalue weighted by atomic mass is 10.2. The first-order valence-corrected chi connectivity index (χ1v) is 13.7. The summed E-state index contributed by atoms with van der Waals surface area (Å²) in [6.45, 7) is 5.64. The number of alkyl halides is 3. The van der Waals surface area contributed by atoms with Crippen LogP contribution in [-0.2, 0) is 27.4 Å². The number of hydrogen-bond acceptors (Lipinski definition) is 6. The molecule has 0 unspecified atom stereocenters. The molecule has 43 heavy (non-hydrogen) atoms. The first-order chi connectivity index (χ1) is 20.5. The van der Waals surface area contributed by atoms with Crippen LogP contribution < -0.4 is 0 Å². The normalized spacial score (nSPS) is 13.7. The van der Waals surface area contributed by atoms with E-state index < -0.39 is 12.1 Å². The van der Waals surface area contributed by atoms with Crippen molar-refractivity contribution in [1.29, 1.82) is 0 Å². The van der Waals surface area contributed by atoms with Crippen LogP contribution >= 0.6 is 11.6 Å². The zero-order valence-corrected chi connectivity index (χ0v) is 23.7. The molecule has 15 heteroatoms. The van der Waals surface area contributed by atoms with Crippen LogP contribution in [0.5, 0.6) is 0 Å². The highest BCUT2D eigenvalue weighted by Gasteiger charge is 2.38. The maximum absolute atomic E-state index is 12.6. The van der Waals surface area contributed by atoms with Gasteiger partial charge in [0, 0.05) is 43.8 Å². The monoisotopic (exact) mass is 617 g/mol. The number of ether oxygens (including phenoxy) is 1. The Morgan fingerprint density at radius 1 is 1.05 bits per heavy atom. The highest BCUT2D eigenvalue weighted by Crippen LogP contribution is 2.30. The van der Waals surface area contributed by atoms with Crippen LogP contribution in [0.4, 0.5) is 13.2 Å². The molecule has 0 saturated carbocycles. The van der Waals surface area contributed by atoms with Crippen LogP contribution in [-0.4, -0.2) is 83.3 Å². The van der Waals surface area contributed by atoms with E-state index >= 15 is 0 Å². The van der Waals surface area contributed by atoms with E-state index in [1.807, 2.05) is 53.0 Å². The third kappa shape index (κ3) is 6.81. The predicted octanol–water partition coefficient (Wildman–Crippen LogP) is 4.44. The molecule has 0 radical (unpaired) electrons. The maximum Gasteiger partial charge on any atom is 0.490 e. The molecule has 0 atom stereocenters. The van der Waals surface area contributed by atoms with Crippen molar-refractivity contribution in [2.24, 2.45) is 0 Å². The molecule has 5 heterocycles. The number of carboxylic acids is 1. The largest absolute Gasteiger partial charge is 0.490 e. The lowest BCUT2D eigenvalue weighted by Gasteiger charge is -2.26. The number of nitrogens with zero attached hydrogens (tertiary/aromatic N) is 7. The van der Waals surface area contributed by atoms with Gasteiger partial charge in [-0.15, -0.1) is 10.2 Å². The van der Waals surface area contributed by atoms with Crippen molar-refractivity contribution in [2.45, 2.75) is 32.6 Å². The van der Waals surface area contributed by atoms with E-state index in [2.05, 4.69) is 37.4 Å². The van der Waals surface area contributed by atoms with E-state index in [9.17, 15) is 18.0 Å². The molecule has 1 aliphatic rings. The number of morpholine rings is 1. The molecule has 1 aromatic carbocycles. The van der Waals surface area contributed by atoms with Crippen molar-refractivity contribution >= 4 is 40.2 Å². The number of carbonyl (C=O) groups excluding carboxylic acids is 1. The number of halogens is 4. The standard InChI is InChI=1S/C26H26ClN7O2.C2HF3O2/c1-18-28-29-25-6-5-22-24(34(18)25)16-23(33(22)17-19-3-2-4-20(27)15-19)21-7-9-32(30-21)10-8-26(35)31-11-13-36-14-12-31;3-2(4,5)1(6)7/h2-7,9,15-16H,8,10-14,17H2,1H3;(H,6,7). The summed E-state index contributed by atoms with van der Waals surface area (Å²) in [5.41, 5.74) is 5.78. The Hall–Kier alpha value is -4.43. The summed E-state index contributed by atoms with van der Waals surface area (Å²) >= 11 is 6.28. The minimum absolute atomic E-state index is 0.135. The number of rotatable bonds is 6.